The molecule has 1 heteroatoms. The molecule has 0 aliphatic rings. The number of rotatable bonds is 2. The molecule has 0 aliphatic carbocycles. The molecular weight excluding hydrogens is 98.1 g/mol. The van der Waals surface area contributed by atoms with Crippen LogP contribution in [0.1, 0.15) is 6.92 Å². The van der Waals surface area contributed by atoms with E-state index >= 15 is 0 Å². The molecule has 0 bridgehead atoms. The first-order valence-electron chi connectivity index (χ1n) is 2.23. The average Bonchev–Trinajstić information content (AvgIpc) is 1.68. The summed E-state index contributed by atoms with van der Waals surface area (Å²) in [7, 11) is 0. The highest BCUT2D eigenvalue weighted by Crippen LogP contribution is 1.90. The van der Waals surface area contributed by atoms with Gasteiger partial charge in [-0.2, -0.15) is 0 Å². The largest absolute Gasteiger partial charge is 0.344 e. The molecule has 0 aromatic carbocycles. The van der Waals surface area contributed by atoms with Crippen molar-refractivity contribution in [2.75, 3.05) is 0 Å². The van der Waals surface area contributed by atoms with Gasteiger partial charge in [-0.25, -0.2) is 0 Å². The van der Waals surface area contributed by atoms with Crippen LogP contribution in [0.5, 0.6) is 0 Å². The van der Waals surface area contributed by atoms with E-state index in [1.807, 2.05) is 13.0 Å². The van der Waals surface area contributed by atoms with Gasteiger partial charge >= 0.3 is 0 Å². The molecular formula is C7H13N. The zero-order valence-electron chi connectivity index (χ0n) is 5.35. The van der Waals surface area contributed by atoms with E-state index in [4.69, 9.17) is 0 Å². The topological polar surface area (TPSA) is 35.0 Å². The van der Waals surface area contributed by atoms with Gasteiger partial charge in [0.2, 0.25) is 0 Å². The van der Waals surface area contributed by atoms with Gasteiger partial charge in [0.1, 0.15) is 0 Å². The summed E-state index contributed by atoms with van der Waals surface area (Å²) in [6.07, 6.45) is 5.45. The SMILES string of the molecule is C=C/C=C(\C)C=C.N. The molecule has 8 heavy (non-hydrogen) atoms. The van der Waals surface area contributed by atoms with Crippen molar-refractivity contribution in [3.63, 3.8) is 0 Å². The summed E-state index contributed by atoms with van der Waals surface area (Å²) < 4.78 is 0. The lowest BCUT2D eigenvalue weighted by molar-refractivity contribution is 1.54. The van der Waals surface area contributed by atoms with E-state index < -0.39 is 0 Å². The molecule has 0 spiro atoms. The highest BCUT2D eigenvalue weighted by Gasteiger charge is 1.68. The molecule has 0 heterocycles. The van der Waals surface area contributed by atoms with Gasteiger partial charge in [-0.3, -0.25) is 0 Å². The second kappa shape index (κ2) is 6.18. The van der Waals surface area contributed by atoms with E-state index in [0.29, 0.717) is 0 Å². The molecule has 0 aliphatic heterocycles. The second-order valence-electron chi connectivity index (χ2n) is 1.35. The molecule has 0 rings (SSSR count). The molecule has 0 saturated carbocycles. The molecule has 0 atom stereocenters. The van der Waals surface area contributed by atoms with Crippen LogP contribution in [0.2, 0.25) is 0 Å². The molecule has 0 unspecified atom stereocenters. The van der Waals surface area contributed by atoms with E-state index in [-0.39, 0.29) is 6.15 Å². The summed E-state index contributed by atoms with van der Waals surface area (Å²) >= 11 is 0. The van der Waals surface area contributed by atoms with Crippen LogP contribution in [0.4, 0.5) is 0 Å². The van der Waals surface area contributed by atoms with Crippen LogP contribution in [0.3, 0.4) is 0 Å². The lowest BCUT2D eigenvalue weighted by Crippen LogP contribution is -1.58. The van der Waals surface area contributed by atoms with Gasteiger partial charge < -0.3 is 6.15 Å². The third-order valence-electron chi connectivity index (χ3n) is 0.703. The van der Waals surface area contributed by atoms with Crippen molar-refractivity contribution in [3.05, 3.63) is 37.0 Å². The number of hydrogen-bond donors (Lipinski definition) is 1. The van der Waals surface area contributed by atoms with Crippen molar-refractivity contribution in [2.45, 2.75) is 6.92 Å². The first kappa shape index (κ1) is 10.2. The number of allylic oxidation sites excluding steroid dienone is 4. The third kappa shape index (κ3) is 5.18. The molecule has 0 radical (unpaired) electrons. The minimum Gasteiger partial charge on any atom is -0.344 e. The lowest BCUT2D eigenvalue weighted by atomic mass is 10.3. The number of hydrogen-bond acceptors (Lipinski definition) is 1. The molecule has 0 aromatic rings. The Morgan fingerprint density at radius 1 is 1.38 bits per heavy atom. The van der Waals surface area contributed by atoms with Crippen molar-refractivity contribution < 1.29 is 0 Å². The van der Waals surface area contributed by atoms with Crippen LogP contribution in [0.25, 0.3) is 0 Å². The maximum absolute atomic E-state index is 3.56. The predicted molar refractivity (Wildman–Crippen MR) is 39.2 cm³/mol. The molecule has 0 saturated heterocycles. The summed E-state index contributed by atoms with van der Waals surface area (Å²) in [5, 5.41) is 0. The van der Waals surface area contributed by atoms with Crippen LogP contribution >= 0.6 is 0 Å². The summed E-state index contributed by atoms with van der Waals surface area (Å²) in [6.45, 7) is 9.07. The normalized spacial score (nSPS) is 9.38. The Balaban J connectivity index is 0. The maximum Gasteiger partial charge on any atom is -0.0398 e. The average molecular weight is 111 g/mol. The fourth-order valence-electron chi connectivity index (χ4n) is 0.254. The maximum atomic E-state index is 3.56. The molecule has 0 aromatic heterocycles. The quantitative estimate of drug-likeness (QED) is 0.546. The van der Waals surface area contributed by atoms with Crippen molar-refractivity contribution in [3.8, 4) is 0 Å². The molecule has 3 N–H and O–H groups in total. The van der Waals surface area contributed by atoms with Crippen LogP contribution in [0, 0.1) is 0 Å². The van der Waals surface area contributed by atoms with E-state index in [2.05, 4.69) is 13.2 Å². The Bertz CT molecular complexity index is 101. The minimum absolute atomic E-state index is 0. The van der Waals surface area contributed by atoms with Gasteiger partial charge in [0.25, 0.3) is 0 Å². The summed E-state index contributed by atoms with van der Waals surface area (Å²) in [5.41, 5.74) is 1.15. The first-order chi connectivity index (χ1) is 3.31. The second-order valence-corrected chi connectivity index (χ2v) is 1.35. The van der Waals surface area contributed by atoms with Crippen LogP contribution < -0.4 is 6.15 Å². The fourth-order valence-corrected chi connectivity index (χ4v) is 0.254. The Morgan fingerprint density at radius 3 is 2.00 bits per heavy atom. The van der Waals surface area contributed by atoms with Crippen LogP contribution in [0.15, 0.2) is 37.0 Å². The third-order valence-corrected chi connectivity index (χ3v) is 0.703. The molecule has 0 fully saturated rings. The van der Waals surface area contributed by atoms with E-state index in [9.17, 15) is 0 Å². The highest BCUT2D eigenvalue weighted by atomic mass is 14.0. The van der Waals surface area contributed by atoms with Gasteiger partial charge in [0.05, 0.1) is 0 Å². The van der Waals surface area contributed by atoms with E-state index in [1.165, 1.54) is 0 Å². The van der Waals surface area contributed by atoms with Gasteiger partial charge in [-0.15, -0.1) is 0 Å². The van der Waals surface area contributed by atoms with E-state index in [1.54, 1.807) is 12.2 Å². The standard InChI is InChI=1S/C7H10.H3N/c1-4-6-7(3)5-2;/h4-6H,1-2H2,3H3;1H3/b7-6+;. The Kier molecular flexibility index (Phi) is 7.89. The minimum atomic E-state index is 0. The van der Waals surface area contributed by atoms with Gasteiger partial charge in [-0.05, 0) is 6.92 Å². The zero-order chi connectivity index (χ0) is 5.70. The van der Waals surface area contributed by atoms with E-state index in [0.717, 1.165) is 5.57 Å². The van der Waals surface area contributed by atoms with Gasteiger partial charge in [0.15, 0.2) is 0 Å². The van der Waals surface area contributed by atoms with Gasteiger partial charge in [-0.1, -0.05) is 37.0 Å². The molecule has 0 amide bonds. The fraction of sp³-hybridized carbons (Fsp3) is 0.143. The summed E-state index contributed by atoms with van der Waals surface area (Å²) in [5.74, 6) is 0. The van der Waals surface area contributed by atoms with Crippen molar-refractivity contribution in [1.29, 1.82) is 0 Å². The first-order valence-corrected chi connectivity index (χ1v) is 2.23. The smallest absolute Gasteiger partial charge is 0.0398 e. The highest BCUT2D eigenvalue weighted by molar-refractivity contribution is 5.17. The summed E-state index contributed by atoms with van der Waals surface area (Å²) in [6, 6.07) is 0. The van der Waals surface area contributed by atoms with Gasteiger partial charge in [0, 0.05) is 0 Å². The van der Waals surface area contributed by atoms with Crippen molar-refractivity contribution in [1.82, 2.24) is 6.15 Å². The Hall–Kier alpha value is -0.820. The van der Waals surface area contributed by atoms with Crippen LogP contribution in [-0.2, 0) is 0 Å². The molecule has 1 nitrogen and oxygen atoms in total. The lowest BCUT2D eigenvalue weighted by Gasteiger charge is -1.80. The Labute approximate surface area is 51.0 Å². The molecule has 46 valence electrons. The van der Waals surface area contributed by atoms with Crippen LogP contribution in [-0.4, -0.2) is 0 Å². The predicted octanol–water partition coefficient (Wildman–Crippen LogP) is 2.47. The monoisotopic (exact) mass is 111 g/mol. The summed E-state index contributed by atoms with van der Waals surface area (Å²) in [4.78, 5) is 0. The Morgan fingerprint density at radius 2 is 1.88 bits per heavy atom. The van der Waals surface area contributed by atoms with Crippen molar-refractivity contribution >= 4 is 0 Å². The zero-order valence-corrected chi connectivity index (χ0v) is 5.35. The van der Waals surface area contributed by atoms with Crippen molar-refractivity contribution in [2.24, 2.45) is 0 Å².